The number of guanidine groups is 1. The van der Waals surface area contributed by atoms with E-state index in [1.165, 1.54) is 24.3 Å². The number of benzene rings is 2. The predicted molar refractivity (Wildman–Crippen MR) is 138 cm³/mol. The first-order valence-corrected chi connectivity index (χ1v) is 11.8. The Hall–Kier alpha value is -5.47. The van der Waals surface area contributed by atoms with E-state index in [1.807, 2.05) is 0 Å². The minimum atomic E-state index is -1.94. The van der Waals surface area contributed by atoms with Crippen LogP contribution in [-0.4, -0.2) is 74.0 Å². The summed E-state index contributed by atoms with van der Waals surface area (Å²) in [5.41, 5.74) is 11.9. The number of nitrogens with one attached hydrogen (secondary N) is 2. The minimum absolute atomic E-state index is 0.0141. The predicted octanol–water partition coefficient (Wildman–Crippen LogP) is -0.397. The van der Waals surface area contributed by atoms with Gasteiger partial charge in [0.15, 0.2) is 12.0 Å². The van der Waals surface area contributed by atoms with E-state index >= 15 is 0 Å². The highest BCUT2D eigenvalue weighted by Crippen LogP contribution is 2.21. The molecule has 0 radical (unpaired) electrons. The molecule has 1 saturated heterocycles. The number of aliphatic imine (C=N–C) groups is 1. The molecule has 1 aliphatic heterocycles. The maximum absolute atomic E-state index is 13.3. The lowest BCUT2D eigenvalue weighted by Crippen LogP contribution is -2.60. The first-order chi connectivity index (χ1) is 18.9. The van der Waals surface area contributed by atoms with Crippen molar-refractivity contribution < 1.29 is 39.0 Å². The number of rotatable bonds is 11. The van der Waals surface area contributed by atoms with Gasteiger partial charge in [-0.3, -0.25) is 19.2 Å². The number of urea groups is 1. The van der Waals surface area contributed by atoms with Gasteiger partial charge in [0, 0.05) is 13.3 Å². The molecule has 5 amide bonds. The van der Waals surface area contributed by atoms with Crippen molar-refractivity contribution >= 4 is 47.3 Å². The fraction of sp³-hybridized carbons (Fsp3) is 0.240. The quantitative estimate of drug-likeness (QED) is 0.120. The molecule has 0 bridgehead atoms. The molecule has 0 saturated carbocycles. The van der Waals surface area contributed by atoms with E-state index in [0.29, 0.717) is 21.3 Å². The van der Waals surface area contributed by atoms with Crippen molar-refractivity contribution in [3.8, 4) is 0 Å². The first kappa shape index (κ1) is 29.1. The van der Waals surface area contributed by atoms with Gasteiger partial charge in [0.05, 0.1) is 12.1 Å². The van der Waals surface area contributed by atoms with Gasteiger partial charge in [0.25, 0.3) is 5.91 Å². The Balaban J connectivity index is 1.87. The minimum Gasteiger partial charge on any atom is -0.481 e. The first-order valence-electron chi connectivity index (χ1n) is 11.8. The highest BCUT2D eigenvalue weighted by Gasteiger charge is 2.47. The van der Waals surface area contributed by atoms with Gasteiger partial charge < -0.3 is 32.3 Å². The van der Waals surface area contributed by atoms with Crippen LogP contribution in [0.3, 0.4) is 0 Å². The molecule has 0 aromatic heterocycles. The molecule has 1 aliphatic rings. The Bertz CT molecular complexity index is 1340. The third-order valence-electron chi connectivity index (χ3n) is 5.80. The summed E-state index contributed by atoms with van der Waals surface area (Å²) in [7, 11) is 0. The number of carbonyl (C=O) groups is 6. The monoisotopic (exact) mass is 553 g/mol. The number of carbonyl (C=O) groups excluding carboxylic acids is 4. The topological polar surface area (TPSA) is 238 Å². The molecule has 3 rings (SSSR count). The van der Waals surface area contributed by atoms with Crippen molar-refractivity contribution in [1.82, 2.24) is 20.7 Å². The zero-order chi connectivity index (χ0) is 29.6. The van der Waals surface area contributed by atoms with E-state index in [9.17, 15) is 39.0 Å². The molecule has 2 aromatic rings. The number of nitrogens with zero attached hydrogens (tertiary/aromatic N) is 3. The Kier molecular flexibility index (Phi) is 9.01. The fourth-order valence-electron chi connectivity index (χ4n) is 4.08. The Morgan fingerprint density at radius 2 is 1.68 bits per heavy atom. The Morgan fingerprint density at radius 3 is 2.20 bits per heavy atom. The second kappa shape index (κ2) is 12.4. The summed E-state index contributed by atoms with van der Waals surface area (Å²) in [5, 5.41) is 24.5. The molecule has 15 nitrogen and oxygen atoms in total. The highest BCUT2D eigenvalue weighted by molar-refractivity contribution is 6.06. The second-order valence-electron chi connectivity index (χ2n) is 8.73. The van der Waals surface area contributed by atoms with Crippen LogP contribution < -0.4 is 22.1 Å². The SMILES string of the molecule is CC(=O)N([C@@H](CC(=O)O)C(=O)N[C@H](C(=O)O)c1ccccc1)N1C(=O)N[C@@H](Cc2ccc(N=C(N)N)cc2)C1=O. The summed E-state index contributed by atoms with van der Waals surface area (Å²) in [6, 6.07) is 8.18. The van der Waals surface area contributed by atoms with Crippen LogP contribution in [0.1, 0.15) is 30.5 Å². The number of nitrogens with two attached hydrogens (primary N) is 2. The van der Waals surface area contributed by atoms with Crippen molar-refractivity contribution in [1.29, 1.82) is 0 Å². The number of carboxylic acid groups (broad SMARTS) is 2. The van der Waals surface area contributed by atoms with Gasteiger partial charge in [0.1, 0.15) is 12.1 Å². The number of hydrazine groups is 1. The number of carboxylic acids is 2. The Morgan fingerprint density at radius 1 is 1.05 bits per heavy atom. The number of aliphatic carboxylic acids is 2. The van der Waals surface area contributed by atoms with Crippen molar-refractivity contribution in [3.05, 3.63) is 65.7 Å². The third kappa shape index (κ3) is 6.89. The zero-order valence-electron chi connectivity index (χ0n) is 21.2. The van der Waals surface area contributed by atoms with Gasteiger partial charge >= 0.3 is 18.0 Å². The van der Waals surface area contributed by atoms with Gasteiger partial charge in [0.2, 0.25) is 11.8 Å². The van der Waals surface area contributed by atoms with Crippen LogP contribution >= 0.6 is 0 Å². The lowest BCUT2D eigenvalue weighted by Gasteiger charge is -2.34. The Labute approximate surface area is 227 Å². The van der Waals surface area contributed by atoms with E-state index in [2.05, 4.69) is 15.6 Å². The summed E-state index contributed by atoms with van der Waals surface area (Å²) in [4.78, 5) is 79.4. The smallest absolute Gasteiger partial charge is 0.344 e. The molecule has 0 unspecified atom stereocenters. The van der Waals surface area contributed by atoms with Crippen LogP contribution in [0.5, 0.6) is 0 Å². The zero-order valence-corrected chi connectivity index (χ0v) is 21.2. The number of imide groups is 1. The van der Waals surface area contributed by atoms with E-state index in [0.717, 1.165) is 6.92 Å². The average Bonchev–Trinajstić information content (AvgIpc) is 3.15. The van der Waals surface area contributed by atoms with Crippen LogP contribution in [0.15, 0.2) is 59.6 Å². The van der Waals surface area contributed by atoms with Crippen molar-refractivity contribution in [2.24, 2.45) is 16.5 Å². The van der Waals surface area contributed by atoms with E-state index < -0.39 is 60.2 Å². The summed E-state index contributed by atoms with van der Waals surface area (Å²) >= 11 is 0. The van der Waals surface area contributed by atoms with Crippen molar-refractivity contribution in [2.75, 3.05) is 0 Å². The molecule has 8 N–H and O–H groups in total. The van der Waals surface area contributed by atoms with Gasteiger partial charge in [-0.25, -0.2) is 19.6 Å². The lowest BCUT2D eigenvalue weighted by atomic mass is 10.1. The molecule has 15 heteroatoms. The third-order valence-corrected chi connectivity index (χ3v) is 5.80. The van der Waals surface area contributed by atoms with E-state index in [-0.39, 0.29) is 17.9 Å². The fourth-order valence-corrected chi connectivity index (χ4v) is 4.08. The van der Waals surface area contributed by atoms with Gasteiger partial charge in [-0.05, 0) is 23.3 Å². The molecule has 40 heavy (non-hydrogen) atoms. The van der Waals surface area contributed by atoms with Crippen molar-refractivity contribution in [2.45, 2.75) is 37.9 Å². The second-order valence-corrected chi connectivity index (χ2v) is 8.73. The maximum atomic E-state index is 13.3. The molecule has 1 heterocycles. The van der Waals surface area contributed by atoms with Gasteiger partial charge in [-0.2, -0.15) is 5.01 Å². The molecule has 210 valence electrons. The number of hydrogen-bond acceptors (Lipinski definition) is 7. The van der Waals surface area contributed by atoms with Crippen molar-refractivity contribution in [3.63, 3.8) is 0 Å². The summed E-state index contributed by atoms with van der Waals surface area (Å²) in [6.45, 7) is 0.935. The highest BCUT2D eigenvalue weighted by atomic mass is 16.4. The molecular formula is C25H27N7O8. The largest absolute Gasteiger partial charge is 0.481 e. The molecule has 0 spiro atoms. The lowest BCUT2D eigenvalue weighted by molar-refractivity contribution is -0.165. The number of hydrogen-bond donors (Lipinski definition) is 6. The van der Waals surface area contributed by atoms with Crippen LogP contribution in [0.4, 0.5) is 10.5 Å². The number of amides is 5. The van der Waals surface area contributed by atoms with E-state index in [4.69, 9.17) is 11.5 Å². The van der Waals surface area contributed by atoms with E-state index in [1.54, 1.807) is 30.3 Å². The molecular weight excluding hydrogens is 526 g/mol. The maximum Gasteiger partial charge on any atom is 0.344 e. The van der Waals surface area contributed by atoms with Crippen LogP contribution in [0.25, 0.3) is 0 Å². The molecule has 1 fully saturated rings. The van der Waals surface area contributed by atoms with Crippen LogP contribution in [0, 0.1) is 0 Å². The molecule has 0 aliphatic carbocycles. The normalized spacial score (nSPS) is 15.9. The van der Waals surface area contributed by atoms with Gasteiger partial charge in [-0.15, -0.1) is 0 Å². The van der Waals surface area contributed by atoms with Crippen LogP contribution in [0.2, 0.25) is 0 Å². The molecule has 2 aromatic carbocycles. The average molecular weight is 554 g/mol. The van der Waals surface area contributed by atoms with Gasteiger partial charge in [-0.1, -0.05) is 42.5 Å². The molecule has 3 atom stereocenters. The summed E-state index contributed by atoms with van der Waals surface area (Å²) in [6.07, 6.45) is -1.04. The standard InChI is InChI=1S/C25H27N7O8/c1-13(33)31(18(12-19(34)35)21(36)30-20(23(38)39)15-5-3-2-4-6-15)32-22(37)17(29-25(32)40)11-14-7-9-16(10-8-14)28-24(26)27/h2-10,17-18,20H,11-12H2,1H3,(H,29,40)(H,30,36)(H,34,35)(H,38,39)(H4,26,27,28)/t17-,18-,20-/m0/s1. The van der Waals surface area contributed by atoms with Crippen LogP contribution in [-0.2, 0) is 30.4 Å². The summed E-state index contributed by atoms with van der Waals surface area (Å²) in [5.74, 6) is -6.27. The summed E-state index contributed by atoms with van der Waals surface area (Å²) < 4.78 is 0.